The van der Waals surface area contributed by atoms with Crippen LogP contribution in [0.3, 0.4) is 0 Å². The lowest BCUT2D eigenvalue weighted by atomic mass is 9.90. The van der Waals surface area contributed by atoms with Crippen molar-refractivity contribution in [2.75, 3.05) is 9.96 Å². The van der Waals surface area contributed by atoms with Gasteiger partial charge in [0.15, 0.2) is 6.10 Å². The number of imide groups is 1. The van der Waals surface area contributed by atoms with Crippen molar-refractivity contribution >= 4 is 23.2 Å². The van der Waals surface area contributed by atoms with Gasteiger partial charge >= 0.3 is 0 Å². The summed E-state index contributed by atoms with van der Waals surface area (Å²) >= 11 is 0. The third kappa shape index (κ3) is 2.83. The molecule has 0 spiro atoms. The van der Waals surface area contributed by atoms with Crippen LogP contribution in [0, 0.1) is 11.7 Å². The van der Waals surface area contributed by atoms with Gasteiger partial charge in [0.2, 0.25) is 5.91 Å². The van der Waals surface area contributed by atoms with E-state index in [1.54, 1.807) is 17.2 Å². The highest BCUT2D eigenvalue weighted by atomic mass is 19.1. The lowest BCUT2D eigenvalue weighted by Gasteiger charge is -2.28. The van der Waals surface area contributed by atoms with Crippen LogP contribution >= 0.6 is 0 Å². The van der Waals surface area contributed by atoms with Gasteiger partial charge < -0.3 is 5.11 Å². The Bertz CT molecular complexity index is 1100. The maximum atomic E-state index is 13.4. The quantitative estimate of drug-likeness (QED) is 0.676. The van der Waals surface area contributed by atoms with Gasteiger partial charge in [-0.15, -0.1) is 0 Å². The number of hydrogen-bond acceptors (Lipinski definition) is 5. The second kappa shape index (κ2) is 6.96. The summed E-state index contributed by atoms with van der Waals surface area (Å²) in [6.07, 6.45) is -0.999. The average molecular weight is 404 g/mol. The number of rotatable bonds is 3. The molecule has 3 aromatic rings. The van der Waals surface area contributed by atoms with E-state index >= 15 is 0 Å². The van der Waals surface area contributed by atoms with Crippen molar-refractivity contribution in [2.24, 2.45) is 5.92 Å². The number of aromatic hydroxyl groups is 1. The second-order valence-corrected chi connectivity index (χ2v) is 7.24. The Balaban J connectivity index is 1.58. The number of phenols is 1. The number of hydrogen-bond donors (Lipinski definition) is 1. The van der Waals surface area contributed by atoms with Crippen molar-refractivity contribution in [3.63, 3.8) is 0 Å². The fourth-order valence-electron chi connectivity index (χ4n) is 4.07. The molecular formula is C23H17FN2O4. The van der Waals surface area contributed by atoms with Crippen LogP contribution in [0.1, 0.15) is 11.6 Å². The minimum atomic E-state index is -0.999. The van der Waals surface area contributed by atoms with E-state index in [2.05, 4.69) is 0 Å². The molecule has 0 unspecified atom stereocenters. The van der Waals surface area contributed by atoms with Gasteiger partial charge in [0.25, 0.3) is 5.91 Å². The molecule has 0 aliphatic carbocycles. The van der Waals surface area contributed by atoms with Gasteiger partial charge in [-0.25, -0.2) is 14.4 Å². The molecule has 30 heavy (non-hydrogen) atoms. The van der Waals surface area contributed by atoms with Gasteiger partial charge in [0.1, 0.15) is 17.5 Å². The molecule has 2 heterocycles. The number of halogens is 1. The maximum absolute atomic E-state index is 13.4. The number of fused-ring (bicyclic) bond motifs is 1. The molecule has 0 saturated carbocycles. The Morgan fingerprint density at radius 1 is 0.800 bits per heavy atom. The van der Waals surface area contributed by atoms with E-state index in [9.17, 15) is 19.1 Å². The highest BCUT2D eigenvalue weighted by molar-refractivity contribution is 6.23. The number of nitrogens with zero attached hydrogens (tertiary/aromatic N) is 2. The zero-order valence-corrected chi connectivity index (χ0v) is 15.7. The van der Waals surface area contributed by atoms with Crippen LogP contribution in [0.25, 0.3) is 0 Å². The molecule has 2 aliphatic rings. The Morgan fingerprint density at radius 2 is 1.47 bits per heavy atom. The van der Waals surface area contributed by atoms with Crippen LogP contribution in [-0.2, 0) is 14.4 Å². The molecule has 5 rings (SSSR count). The van der Waals surface area contributed by atoms with Gasteiger partial charge in [-0.3, -0.25) is 14.4 Å². The van der Waals surface area contributed by atoms with Gasteiger partial charge in [-0.2, -0.15) is 0 Å². The van der Waals surface area contributed by atoms with Crippen molar-refractivity contribution in [2.45, 2.75) is 12.1 Å². The molecule has 2 saturated heterocycles. The molecule has 6 nitrogen and oxygen atoms in total. The van der Waals surface area contributed by atoms with Gasteiger partial charge in [0.05, 0.1) is 17.4 Å². The molecule has 2 fully saturated rings. The lowest BCUT2D eigenvalue weighted by Crippen LogP contribution is -2.37. The SMILES string of the molecule is O=C1[C@@H]2[C@@H](c3ccc(O)cc3)N(c3ccccc3)O[C@H]2C(=O)N1c1ccc(F)cc1. The zero-order chi connectivity index (χ0) is 20.8. The molecule has 0 radical (unpaired) electrons. The summed E-state index contributed by atoms with van der Waals surface area (Å²) in [5.41, 5.74) is 1.74. The lowest BCUT2D eigenvalue weighted by molar-refractivity contribution is -0.126. The number of hydroxylamine groups is 1. The topological polar surface area (TPSA) is 70.1 Å². The Morgan fingerprint density at radius 3 is 2.13 bits per heavy atom. The number of benzene rings is 3. The molecule has 0 bridgehead atoms. The standard InChI is InChI=1S/C23H17FN2O4/c24-15-8-10-16(11-9-15)25-22(28)19-20(14-6-12-18(27)13-7-14)26(30-21(19)23(25)29)17-4-2-1-3-5-17/h1-13,19-21,27H/t19-,20-,21-/m1/s1. The van der Waals surface area contributed by atoms with E-state index in [4.69, 9.17) is 4.84 Å². The summed E-state index contributed by atoms with van der Waals surface area (Å²) in [5.74, 6) is -2.03. The fraction of sp³-hybridized carbons (Fsp3) is 0.130. The summed E-state index contributed by atoms with van der Waals surface area (Å²) < 4.78 is 13.3. The van der Waals surface area contributed by atoms with Crippen LogP contribution in [0.5, 0.6) is 5.75 Å². The predicted molar refractivity (Wildman–Crippen MR) is 107 cm³/mol. The molecule has 3 aromatic carbocycles. The molecular weight excluding hydrogens is 387 g/mol. The minimum absolute atomic E-state index is 0.0993. The second-order valence-electron chi connectivity index (χ2n) is 7.24. The van der Waals surface area contributed by atoms with Gasteiger partial charge in [-0.05, 0) is 54.1 Å². The van der Waals surface area contributed by atoms with E-state index in [-0.39, 0.29) is 5.75 Å². The third-order valence-electron chi connectivity index (χ3n) is 5.45. The summed E-state index contributed by atoms with van der Waals surface area (Å²) in [6, 6.07) is 20.3. The minimum Gasteiger partial charge on any atom is -0.508 e. The Kier molecular flexibility index (Phi) is 4.25. The molecule has 0 aromatic heterocycles. The van der Waals surface area contributed by atoms with E-state index in [1.807, 2.05) is 30.3 Å². The van der Waals surface area contributed by atoms with E-state index in [0.29, 0.717) is 11.4 Å². The summed E-state index contributed by atoms with van der Waals surface area (Å²) in [5, 5.41) is 11.3. The molecule has 7 heteroatoms. The normalized spacial score (nSPS) is 23.2. The number of phenolic OH excluding ortho intramolecular Hbond substituents is 1. The van der Waals surface area contributed by atoms with Crippen LogP contribution in [0.2, 0.25) is 0 Å². The molecule has 150 valence electrons. The number of amides is 2. The number of carbonyl (C=O) groups is 2. The monoisotopic (exact) mass is 404 g/mol. The first kappa shape index (κ1) is 18.3. The zero-order valence-electron chi connectivity index (χ0n) is 15.7. The number of anilines is 2. The van der Waals surface area contributed by atoms with Crippen LogP contribution in [0.15, 0.2) is 78.9 Å². The maximum Gasteiger partial charge on any atom is 0.266 e. The van der Waals surface area contributed by atoms with E-state index in [1.165, 1.54) is 36.4 Å². The van der Waals surface area contributed by atoms with Crippen molar-refractivity contribution in [1.82, 2.24) is 0 Å². The fourth-order valence-corrected chi connectivity index (χ4v) is 4.07. The number of carbonyl (C=O) groups excluding carboxylic acids is 2. The first-order valence-corrected chi connectivity index (χ1v) is 9.48. The van der Waals surface area contributed by atoms with Crippen LogP contribution < -0.4 is 9.96 Å². The van der Waals surface area contributed by atoms with Crippen molar-refractivity contribution in [3.8, 4) is 5.75 Å². The first-order valence-electron chi connectivity index (χ1n) is 9.48. The summed E-state index contributed by atoms with van der Waals surface area (Å²) in [4.78, 5) is 33.5. The largest absolute Gasteiger partial charge is 0.508 e. The Labute approximate surface area is 171 Å². The molecule has 3 atom stereocenters. The van der Waals surface area contributed by atoms with E-state index < -0.39 is 35.7 Å². The summed E-state index contributed by atoms with van der Waals surface area (Å²) in [7, 11) is 0. The summed E-state index contributed by atoms with van der Waals surface area (Å²) in [6.45, 7) is 0. The van der Waals surface area contributed by atoms with Crippen molar-refractivity contribution in [1.29, 1.82) is 0 Å². The highest BCUT2D eigenvalue weighted by Gasteiger charge is 2.60. The van der Waals surface area contributed by atoms with Gasteiger partial charge in [-0.1, -0.05) is 30.3 Å². The van der Waals surface area contributed by atoms with Gasteiger partial charge in [0, 0.05) is 0 Å². The average Bonchev–Trinajstić information content (AvgIpc) is 3.27. The van der Waals surface area contributed by atoms with Crippen molar-refractivity contribution in [3.05, 3.63) is 90.2 Å². The first-order chi connectivity index (χ1) is 14.5. The molecule has 2 amide bonds. The number of para-hydroxylation sites is 1. The predicted octanol–water partition coefficient (Wildman–Crippen LogP) is 3.58. The molecule has 1 N–H and O–H groups in total. The third-order valence-corrected chi connectivity index (χ3v) is 5.45. The Hall–Kier alpha value is -3.71. The van der Waals surface area contributed by atoms with Crippen molar-refractivity contribution < 1.29 is 23.9 Å². The molecule has 2 aliphatic heterocycles. The highest BCUT2D eigenvalue weighted by Crippen LogP contribution is 2.47. The van der Waals surface area contributed by atoms with Crippen LogP contribution in [0.4, 0.5) is 15.8 Å². The van der Waals surface area contributed by atoms with E-state index in [0.717, 1.165) is 10.5 Å². The smallest absolute Gasteiger partial charge is 0.266 e. The van der Waals surface area contributed by atoms with Crippen LogP contribution in [-0.4, -0.2) is 23.0 Å².